The van der Waals surface area contributed by atoms with Gasteiger partial charge in [-0.2, -0.15) is 5.10 Å². The fourth-order valence-electron chi connectivity index (χ4n) is 3.29. The molecule has 1 aromatic heterocycles. The van der Waals surface area contributed by atoms with Gasteiger partial charge in [-0.3, -0.25) is 9.59 Å². The first-order valence-corrected chi connectivity index (χ1v) is 10.6. The van der Waals surface area contributed by atoms with E-state index >= 15 is 0 Å². The van der Waals surface area contributed by atoms with Crippen LogP contribution in [0.25, 0.3) is 10.9 Å². The van der Waals surface area contributed by atoms with Crippen LogP contribution in [0.3, 0.4) is 0 Å². The summed E-state index contributed by atoms with van der Waals surface area (Å²) in [4.78, 5) is 24.8. The summed E-state index contributed by atoms with van der Waals surface area (Å²) in [7, 11) is 0. The summed E-state index contributed by atoms with van der Waals surface area (Å²) in [6.45, 7) is 0.0402. The summed E-state index contributed by atoms with van der Waals surface area (Å²) < 4.78 is 14.8. The van der Waals surface area contributed by atoms with Crippen molar-refractivity contribution in [2.45, 2.75) is 6.54 Å². The minimum atomic E-state index is -0.477. The fraction of sp³-hybridized carbons (Fsp3) is 0.0417. The molecule has 0 saturated heterocycles. The largest absolute Gasteiger partial charge is 0.337 e. The lowest BCUT2D eigenvalue weighted by Crippen LogP contribution is -2.18. The Labute approximate surface area is 198 Å². The molecule has 0 saturated carbocycles. The van der Waals surface area contributed by atoms with E-state index in [1.807, 2.05) is 24.3 Å². The molecule has 4 aromatic rings. The van der Waals surface area contributed by atoms with Crippen molar-refractivity contribution < 1.29 is 14.0 Å². The van der Waals surface area contributed by atoms with Crippen LogP contribution in [0.4, 0.5) is 10.1 Å². The Kier molecular flexibility index (Phi) is 6.72. The van der Waals surface area contributed by atoms with Gasteiger partial charge in [-0.1, -0.05) is 41.4 Å². The molecule has 0 spiro atoms. The van der Waals surface area contributed by atoms with Crippen LogP contribution < -0.4 is 10.7 Å². The lowest BCUT2D eigenvalue weighted by molar-refractivity contribution is -0.116. The highest BCUT2D eigenvalue weighted by Gasteiger charge is 2.12. The number of fused-ring (bicyclic) bond motifs is 1. The molecule has 3 aromatic carbocycles. The van der Waals surface area contributed by atoms with Crippen molar-refractivity contribution in [1.29, 1.82) is 0 Å². The third-order valence-electron chi connectivity index (χ3n) is 4.81. The van der Waals surface area contributed by atoms with Gasteiger partial charge >= 0.3 is 0 Å². The van der Waals surface area contributed by atoms with Crippen LogP contribution in [0, 0.1) is 5.82 Å². The number of carbonyl (C=O) groups excluding carboxylic acids is 2. The van der Waals surface area contributed by atoms with Crippen molar-refractivity contribution >= 4 is 57.8 Å². The summed E-state index contributed by atoms with van der Waals surface area (Å²) in [5.41, 5.74) is 4.73. The smallest absolute Gasteiger partial charge is 0.272 e. The number of para-hydroxylation sites is 1. The van der Waals surface area contributed by atoms with E-state index in [-0.39, 0.29) is 28.9 Å². The van der Waals surface area contributed by atoms with Gasteiger partial charge in [-0.05, 0) is 48.5 Å². The van der Waals surface area contributed by atoms with E-state index in [1.165, 1.54) is 42.6 Å². The molecule has 2 N–H and O–H groups in total. The Bertz CT molecular complexity index is 1370. The number of aromatic nitrogens is 1. The zero-order chi connectivity index (χ0) is 23.4. The van der Waals surface area contributed by atoms with Gasteiger partial charge in [0, 0.05) is 33.4 Å². The molecular formula is C24H17Cl2FN4O2. The summed E-state index contributed by atoms with van der Waals surface area (Å²) >= 11 is 11.9. The van der Waals surface area contributed by atoms with Crippen molar-refractivity contribution in [3.63, 3.8) is 0 Å². The standard InChI is InChI=1S/C24H17Cl2FN4O2/c25-16-5-10-20(21(26)11-16)24(33)30-28-12-15-13-31(22-4-2-1-3-19(15)22)14-23(32)29-18-8-6-17(27)7-9-18/h1-13H,14H2,(H,29,32)(H,30,33)/b28-12-. The maximum atomic E-state index is 13.1. The number of hydrogen-bond donors (Lipinski definition) is 2. The minimum Gasteiger partial charge on any atom is -0.337 e. The van der Waals surface area contributed by atoms with E-state index in [0.29, 0.717) is 16.3 Å². The van der Waals surface area contributed by atoms with Crippen LogP contribution in [0.2, 0.25) is 10.0 Å². The highest BCUT2D eigenvalue weighted by molar-refractivity contribution is 6.36. The third kappa shape index (κ3) is 5.39. The topological polar surface area (TPSA) is 75.5 Å². The maximum absolute atomic E-state index is 13.1. The van der Waals surface area contributed by atoms with Crippen molar-refractivity contribution in [3.8, 4) is 0 Å². The molecule has 6 nitrogen and oxygen atoms in total. The first-order chi connectivity index (χ1) is 15.9. The summed E-state index contributed by atoms with van der Waals surface area (Å²) in [5, 5.41) is 8.28. The third-order valence-corrected chi connectivity index (χ3v) is 5.35. The Hall–Kier alpha value is -3.68. The molecule has 0 unspecified atom stereocenters. The van der Waals surface area contributed by atoms with Crippen LogP contribution in [0.5, 0.6) is 0 Å². The minimum absolute atomic E-state index is 0.0402. The number of amides is 2. The van der Waals surface area contributed by atoms with Gasteiger partial charge in [0.2, 0.25) is 5.91 Å². The molecule has 4 rings (SSSR count). The lowest BCUT2D eigenvalue weighted by Gasteiger charge is -2.07. The summed E-state index contributed by atoms with van der Waals surface area (Å²) in [5.74, 6) is -1.12. The number of hydrazone groups is 1. The van der Waals surface area contributed by atoms with E-state index < -0.39 is 5.91 Å². The van der Waals surface area contributed by atoms with Gasteiger partial charge in [0.1, 0.15) is 12.4 Å². The molecular weight excluding hydrogens is 466 g/mol. The van der Waals surface area contributed by atoms with Crippen LogP contribution in [-0.2, 0) is 11.3 Å². The number of hydrogen-bond acceptors (Lipinski definition) is 3. The molecule has 0 aliphatic carbocycles. The molecule has 9 heteroatoms. The Morgan fingerprint density at radius 3 is 2.55 bits per heavy atom. The van der Waals surface area contributed by atoms with Crippen LogP contribution in [0.15, 0.2) is 78.0 Å². The number of anilines is 1. The van der Waals surface area contributed by atoms with Crippen LogP contribution in [0.1, 0.15) is 15.9 Å². The highest BCUT2D eigenvalue weighted by Crippen LogP contribution is 2.22. The van der Waals surface area contributed by atoms with Gasteiger partial charge < -0.3 is 9.88 Å². The van der Waals surface area contributed by atoms with Crippen LogP contribution >= 0.6 is 23.2 Å². The van der Waals surface area contributed by atoms with E-state index in [0.717, 1.165) is 10.9 Å². The maximum Gasteiger partial charge on any atom is 0.272 e. The quantitative estimate of drug-likeness (QED) is 0.281. The predicted octanol–water partition coefficient (Wildman–Crippen LogP) is 5.49. The first kappa shape index (κ1) is 22.5. The Morgan fingerprint density at radius 1 is 1.03 bits per heavy atom. The normalized spacial score (nSPS) is 11.1. The highest BCUT2D eigenvalue weighted by atomic mass is 35.5. The molecule has 0 fully saturated rings. The number of rotatable bonds is 6. The molecule has 0 atom stereocenters. The Morgan fingerprint density at radius 2 is 1.79 bits per heavy atom. The Balaban J connectivity index is 1.50. The SMILES string of the molecule is O=C(Cn1cc(/C=N\NC(=O)c2ccc(Cl)cc2Cl)c2ccccc21)Nc1ccc(F)cc1. The molecule has 2 amide bonds. The van der Waals surface area contributed by atoms with Crippen molar-refractivity contribution in [2.75, 3.05) is 5.32 Å². The van der Waals surface area contributed by atoms with Crippen molar-refractivity contribution in [1.82, 2.24) is 9.99 Å². The van der Waals surface area contributed by atoms with Crippen molar-refractivity contribution in [3.05, 3.63) is 99.9 Å². The van der Waals surface area contributed by atoms with E-state index in [2.05, 4.69) is 15.8 Å². The number of halogens is 3. The van der Waals surface area contributed by atoms with Crippen molar-refractivity contribution in [2.24, 2.45) is 5.10 Å². The molecule has 1 heterocycles. The van der Waals surface area contributed by atoms with E-state index in [9.17, 15) is 14.0 Å². The average Bonchev–Trinajstić information content (AvgIpc) is 3.12. The monoisotopic (exact) mass is 482 g/mol. The number of nitrogens with one attached hydrogen (secondary N) is 2. The van der Waals surface area contributed by atoms with E-state index in [1.54, 1.807) is 16.8 Å². The fourth-order valence-corrected chi connectivity index (χ4v) is 3.79. The van der Waals surface area contributed by atoms with Gasteiger partial charge in [-0.25, -0.2) is 9.82 Å². The lowest BCUT2D eigenvalue weighted by atomic mass is 10.2. The predicted molar refractivity (Wildman–Crippen MR) is 128 cm³/mol. The molecule has 0 bridgehead atoms. The molecule has 0 aliphatic heterocycles. The zero-order valence-electron chi connectivity index (χ0n) is 17.1. The van der Waals surface area contributed by atoms with E-state index in [4.69, 9.17) is 23.2 Å². The number of nitrogens with zero attached hydrogens (tertiary/aromatic N) is 2. The number of benzene rings is 3. The molecule has 166 valence electrons. The second kappa shape index (κ2) is 9.85. The zero-order valence-corrected chi connectivity index (χ0v) is 18.6. The van der Waals surface area contributed by atoms with Gasteiger partial charge in [0.15, 0.2) is 0 Å². The molecule has 0 radical (unpaired) electrons. The van der Waals surface area contributed by atoms with Crippen LogP contribution in [-0.4, -0.2) is 22.6 Å². The van der Waals surface area contributed by atoms with Gasteiger partial charge in [0.05, 0.1) is 16.8 Å². The molecule has 0 aliphatic rings. The second-order valence-corrected chi connectivity index (χ2v) is 7.95. The van der Waals surface area contributed by atoms with Gasteiger partial charge in [0.25, 0.3) is 5.91 Å². The second-order valence-electron chi connectivity index (χ2n) is 7.11. The summed E-state index contributed by atoms with van der Waals surface area (Å²) in [6, 6.07) is 17.6. The van der Waals surface area contributed by atoms with Gasteiger partial charge in [-0.15, -0.1) is 0 Å². The molecule has 33 heavy (non-hydrogen) atoms. The summed E-state index contributed by atoms with van der Waals surface area (Å²) in [6.07, 6.45) is 3.26. The number of carbonyl (C=O) groups is 2. The first-order valence-electron chi connectivity index (χ1n) is 9.82. The average molecular weight is 483 g/mol.